The molecule has 0 saturated carbocycles. The van der Waals surface area contributed by atoms with Crippen LogP contribution in [0.1, 0.15) is 31.7 Å². The number of para-hydroxylation sites is 1. The number of phenolic OH excluding ortho intramolecular Hbond substituents is 1. The molecule has 2 aliphatic heterocycles. The molecular weight excluding hydrogens is 410 g/mol. The van der Waals surface area contributed by atoms with Gasteiger partial charge in [0.1, 0.15) is 17.2 Å². The minimum atomic E-state index is -1.03. The molecule has 9 nitrogen and oxygen atoms in total. The maximum atomic E-state index is 13.0. The van der Waals surface area contributed by atoms with Crippen LogP contribution >= 0.6 is 0 Å². The Morgan fingerprint density at radius 2 is 2.00 bits per heavy atom. The number of aromatic hydroxyl groups is 1. The summed E-state index contributed by atoms with van der Waals surface area (Å²) < 4.78 is 7.22. The van der Waals surface area contributed by atoms with Crippen molar-refractivity contribution in [3.05, 3.63) is 54.4 Å². The van der Waals surface area contributed by atoms with Crippen molar-refractivity contribution in [2.24, 2.45) is 0 Å². The lowest BCUT2D eigenvalue weighted by Gasteiger charge is -2.43. The quantitative estimate of drug-likeness (QED) is 0.544. The van der Waals surface area contributed by atoms with Crippen molar-refractivity contribution in [1.82, 2.24) is 19.6 Å². The molecule has 0 radical (unpaired) electrons. The molecule has 2 saturated heterocycles. The molecule has 0 bridgehead atoms. The summed E-state index contributed by atoms with van der Waals surface area (Å²) in [6, 6.07) is 10.3. The van der Waals surface area contributed by atoms with Crippen molar-refractivity contribution in [1.29, 1.82) is 0 Å². The van der Waals surface area contributed by atoms with Gasteiger partial charge in [0, 0.05) is 31.0 Å². The summed E-state index contributed by atoms with van der Waals surface area (Å²) in [4.78, 5) is 31.7. The number of phenols is 1. The Hall–Kier alpha value is -3.59. The van der Waals surface area contributed by atoms with E-state index in [9.17, 15) is 14.7 Å². The highest BCUT2D eigenvalue weighted by Gasteiger charge is 2.45. The van der Waals surface area contributed by atoms with Crippen LogP contribution in [-0.4, -0.2) is 50.6 Å². The molecule has 9 heteroatoms. The molecule has 2 fully saturated rings. The maximum Gasteiger partial charge on any atom is 0.325 e. The fourth-order valence-corrected chi connectivity index (χ4v) is 4.54. The van der Waals surface area contributed by atoms with Crippen molar-refractivity contribution < 1.29 is 19.4 Å². The number of rotatable bonds is 4. The lowest BCUT2D eigenvalue weighted by Crippen LogP contribution is -2.62. The molecule has 2 aliphatic rings. The highest BCUT2D eigenvalue weighted by Crippen LogP contribution is 2.40. The van der Waals surface area contributed by atoms with E-state index < -0.39 is 11.6 Å². The van der Waals surface area contributed by atoms with E-state index in [4.69, 9.17) is 4.74 Å². The fraction of sp³-hybridized carbons (Fsp3) is 0.348. The van der Waals surface area contributed by atoms with E-state index in [-0.39, 0.29) is 24.1 Å². The van der Waals surface area contributed by atoms with Gasteiger partial charge in [-0.25, -0.2) is 9.78 Å². The van der Waals surface area contributed by atoms with Crippen LogP contribution in [0.4, 0.5) is 16.3 Å². The van der Waals surface area contributed by atoms with Crippen molar-refractivity contribution in [3.63, 3.8) is 0 Å². The van der Waals surface area contributed by atoms with E-state index in [1.165, 1.54) is 4.90 Å². The van der Waals surface area contributed by atoms with E-state index in [0.29, 0.717) is 43.1 Å². The lowest BCUT2D eigenvalue weighted by atomic mass is 9.85. The second-order valence-electron chi connectivity index (χ2n) is 8.47. The number of aromatic nitrogens is 2. The zero-order valence-corrected chi connectivity index (χ0v) is 17.7. The fourth-order valence-electron chi connectivity index (χ4n) is 4.54. The molecule has 0 aliphatic carbocycles. The first-order valence-electron chi connectivity index (χ1n) is 10.7. The molecule has 3 aromatic rings. The highest BCUT2D eigenvalue weighted by atomic mass is 16.5. The third-order valence-corrected chi connectivity index (χ3v) is 6.19. The summed E-state index contributed by atoms with van der Waals surface area (Å²) in [5.74, 6) is 0.296. The van der Waals surface area contributed by atoms with Gasteiger partial charge in [0.05, 0.1) is 23.8 Å². The van der Waals surface area contributed by atoms with Crippen LogP contribution < -0.4 is 10.6 Å². The highest BCUT2D eigenvalue weighted by molar-refractivity contribution is 5.98. The number of anilines is 2. The first-order valence-corrected chi connectivity index (χ1v) is 10.7. The van der Waals surface area contributed by atoms with Gasteiger partial charge in [0.25, 0.3) is 0 Å². The van der Waals surface area contributed by atoms with Crippen LogP contribution in [0.3, 0.4) is 0 Å². The summed E-state index contributed by atoms with van der Waals surface area (Å²) in [7, 11) is 0. The second-order valence-corrected chi connectivity index (χ2v) is 8.47. The number of imidazole rings is 1. The van der Waals surface area contributed by atoms with Gasteiger partial charge in [0.2, 0.25) is 5.91 Å². The van der Waals surface area contributed by atoms with Gasteiger partial charge < -0.3 is 24.9 Å². The molecule has 32 heavy (non-hydrogen) atoms. The van der Waals surface area contributed by atoms with Gasteiger partial charge in [-0.3, -0.25) is 9.69 Å². The monoisotopic (exact) mass is 435 g/mol. The number of pyridine rings is 1. The van der Waals surface area contributed by atoms with E-state index in [0.717, 1.165) is 5.65 Å². The standard InChI is InChI=1S/C23H25N5O4/c1-23(13-20(29)28(22(31)26-23)15-8-11-32-12-9-15)16-5-4-6-17(21(16)30)24-18-14-27-10-3-2-7-19(27)25-18/h2-7,10,14-15,24,30H,8-9,11-13H2,1H3,(H,26,31)/t23-/m0/s1. The minimum Gasteiger partial charge on any atom is -0.505 e. The van der Waals surface area contributed by atoms with Gasteiger partial charge >= 0.3 is 6.03 Å². The van der Waals surface area contributed by atoms with Gasteiger partial charge in [-0.05, 0) is 38.0 Å². The van der Waals surface area contributed by atoms with Gasteiger partial charge in [-0.15, -0.1) is 0 Å². The molecule has 1 atom stereocenters. The van der Waals surface area contributed by atoms with Crippen molar-refractivity contribution in [2.45, 2.75) is 37.8 Å². The third kappa shape index (κ3) is 3.54. The predicted octanol–water partition coefficient (Wildman–Crippen LogP) is 3.12. The Labute approximate surface area is 185 Å². The predicted molar refractivity (Wildman–Crippen MR) is 118 cm³/mol. The van der Waals surface area contributed by atoms with Crippen LogP contribution in [0, 0.1) is 0 Å². The molecule has 166 valence electrons. The lowest BCUT2D eigenvalue weighted by molar-refractivity contribution is -0.135. The number of carbonyl (C=O) groups excluding carboxylic acids is 2. The third-order valence-electron chi connectivity index (χ3n) is 6.19. The topological polar surface area (TPSA) is 108 Å². The summed E-state index contributed by atoms with van der Waals surface area (Å²) in [5.41, 5.74) is 0.660. The number of hydrogen-bond acceptors (Lipinski definition) is 6. The number of ether oxygens (including phenoxy) is 1. The first kappa shape index (κ1) is 20.3. The first-order chi connectivity index (χ1) is 15.4. The van der Waals surface area contributed by atoms with Crippen molar-refractivity contribution >= 4 is 29.1 Å². The largest absolute Gasteiger partial charge is 0.505 e. The maximum absolute atomic E-state index is 13.0. The Morgan fingerprint density at radius 3 is 2.75 bits per heavy atom. The van der Waals surface area contributed by atoms with Crippen LogP contribution in [0.2, 0.25) is 0 Å². The van der Waals surface area contributed by atoms with E-state index in [1.54, 1.807) is 25.1 Å². The number of imide groups is 1. The molecule has 0 spiro atoms. The Kier molecular flexibility index (Phi) is 4.97. The molecule has 2 aromatic heterocycles. The number of fused-ring (bicyclic) bond motifs is 1. The molecule has 0 unspecified atom stereocenters. The zero-order valence-electron chi connectivity index (χ0n) is 17.7. The van der Waals surface area contributed by atoms with E-state index >= 15 is 0 Å². The number of amides is 3. The Morgan fingerprint density at radius 1 is 1.19 bits per heavy atom. The molecular formula is C23H25N5O4. The van der Waals surface area contributed by atoms with Crippen molar-refractivity contribution in [2.75, 3.05) is 18.5 Å². The van der Waals surface area contributed by atoms with Gasteiger partial charge in [-0.2, -0.15) is 0 Å². The Bertz CT molecular complexity index is 1130. The summed E-state index contributed by atoms with van der Waals surface area (Å²) in [5, 5.41) is 17.1. The average Bonchev–Trinajstić information content (AvgIpc) is 3.18. The van der Waals surface area contributed by atoms with Gasteiger partial charge in [-0.1, -0.05) is 18.2 Å². The van der Waals surface area contributed by atoms with E-state index in [1.807, 2.05) is 35.0 Å². The smallest absolute Gasteiger partial charge is 0.325 e. The number of urea groups is 1. The molecule has 1 aromatic carbocycles. The molecule has 3 amide bonds. The van der Waals surface area contributed by atoms with Crippen LogP contribution in [-0.2, 0) is 15.1 Å². The minimum absolute atomic E-state index is 0.0281. The number of carbonyl (C=O) groups is 2. The van der Waals surface area contributed by atoms with Crippen LogP contribution in [0.25, 0.3) is 5.65 Å². The van der Waals surface area contributed by atoms with Crippen LogP contribution in [0.15, 0.2) is 48.8 Å². The SMILES string of the molecule is C[C@@]1(c2cccc(Nc3cn4ccccc4n3)c2O)CC(=O)N(C2CCOCC2)C(=O)N1. The number of hydrogen-bond donors (Lipinski definition) is 3. The number of nitrogens with zero attached hydrogens (tertiary/aromatic N) is 3. The molecule has 3 N–H and O–H groups in total. The Balaban J connectivity index is 1.41. The average molecular weight is 435 g/mol. The summed E-state index contributed by atoms with van der Waals surface area (Å²) >= 11 is 0. The molecule has 4 heterocycles. The second kappa shape index (κ2) is 7.83. The van der Waals surface area contributed by atoms with Gasteiger partial charge in [0.15, 0.2) is 0 Å². The number of nitrogens with one attached hydrogen (secondary N) is 2. The summed E-state index contributed by atoms with van der Waals surface area (Å²) in [6.45, 7) is 2.83. The van der Waals surface area contributed by atoms with Crippen LogP contribution in [0.5, 0.6) is 5.75 Å². The normalized spacial score (nSPS) is 22.2. The number of benzene rings is 1. The van der Waals surface area contributed by atoms with E-state index in [2.05, 4.69) is 15.6 Å². The zero-order chi connectivity index (χ0) is 22.3. The summed E-state index contributed by atoms with van der Waals surface area (Å²) in [6.07, 6.45) is 5.04. The van der Waals surface area contributed by atoms with Crippen molar-refractivity contribution in [3.8, 4) is 5.75 Å². The molecule has 5 rings (SSSR count).